The third kappa shape index (κ3) is 3.47. The molecule has 0 saturated carbocycles. The Hall–Kier alpha value is -1.51. The number of carbonyl (C=O) groups is 1. The average molecular weight is 194 g/mol. The molecule has 1 rings (SSSR count). The molecule has 3 heteroatoms. The Morgan fingerprint density at radius 1 is 1.14 bits per heavy atom. The van der Waals surface area contributed by atoms with E-state index in [0.717, 1.165) is 18.5 Å². The third-order valence-electron chi connectivity index (χ3n) is 1.61. The number of carbonyl (C=O) groups excluding carboxylic acids is 1. The van der Waals surface area contributed by atoms with E-state index in [1.165, 1.54) is 0 Å². The van der Waals surface area contributed by atoms with E-state index in [-0.39, 0.29) is 6.61 Å². The summed E-state index contributed by atoms with van der Waals surface area (Å²) < 4.78 is 10.5. The van der Waals surface area contributed by atoms with Crippen LogP contribution in [-0.4, -0.2) is 19.5 Å². The molecule has 0 heterocycles. The Morgan fingerprint density at radius 3 is 2.21 bits per heavy atom. The molecule has 14 heavy (non-hydrogen) atoms. The van der Waals surface area contributed by atoms with Crippen LogP contribution in [0.2, 0.25) is 0 Å². The van der Waals surface area contributed by atoms with Gasteiger partial charge in [0, 0.05) is 0 Å². The van der Waals surface area contributed by atoms with Gasteiger partial charge in [-0.3, -0.25) is 4.79 Å². The van der Waals surface area contributed by atoms with Gasteiger partial charge in [-0.25, -0.2) is 0 Å². The largest absolute Gasteiger partial charge is 0.494 e. The molecule has 0 atom stereocenters. The zero-order valence-electron chi connectivity index (χ0n) is 8.23. The van der Waals surface area contributed by atoms with Crippen molar-refractivity contribution in [1.82, 2.24) is 0 Å². The van der Waals surface area contributed by atoms with Crippen LogP contribution in [-0.2, 0) is 4.79 Å². The van der Waals surface area contributed by atoms with Crippen molar-refractivity contribution in [3.05, 3.63) is 24.3 Å². The van der Waals surface area contributed by atoms with Gasteiger partial charge in [-0.2, -0.15) is 0 Å². The van der Waals surface area contributed by atoms with Gasteiger partial charge in [-0.1, -0.05) is 6.92 Å². The van der Waals surface area contributed by atoms with Crippen molar-refractivity contribution in [2.45, 2.75) is 13.3 Å². The van der Waals surface area contributed by atoms with E-state index >= 15 is 0 Å². The second-order valence-corrected chi connectivity index (χ2v) is 2.80. The number of hydrogen-bond donors (Lipinski definition) is 0. The van der Waals surface area contributed by atoms with Gasteiger partial charge in [0.2, 0.25) is 0 Å². The lowest BCUT2D eigenvalue weighted by Crippen LogP contribution is -1.98. The first-order valence-electron chi connectivity index (χ1n) is 4.66. The van der Waals surface area contributed by atoms with Crippen LogP contribution in [0.3, 0.4) is 0 Å². The maximum atomic E-state index is 10.0. The monoisotopic (exact) mass is 194 g/mol. The molecule has 0 aromatic heterocycles. The summed E-state index contributed by atoms with van der Waals surface area (Å²) in [5, 5.41) is 0. The molecule has 0 saturated heterocycles. The van der Waals surface area contributed by atoms with E-state index in [9.17, 15) is 4.79 Å². The van der Waals surface area contributed by atoms with Crippen LogP contribution in [0.1, 0.15) is 13.3 Å². The molecule has 76 valence electrons. The first-order chi connectivity index (χ1) is 6.86. The predicted molar refractivity (Wildman–Crippen MR) is 53.8 cm³/mol. The lowest BCUT2D eigenvalue weighted by atomic mass is 10.3. The Kier molecular flexibility index (Phi) is 4.55. The van der Waals surface area contributed by atoms with Gasteiger partial charge < -0.3 is 9.47 Å². The summed E-state index contributed by atoms with van der Waals surface area (Å²) in [4.78, 5) is 10.0. The summed E-state index contributed by atoms with van der Waals surface area (Å²) in [7, 11) is 0. The maximum absolute atomic E-state index is 10.0. The molecule has 0 bridgehead atoms. The second kappa shape index (κ2) is 6.02. The van der Waals surface area contributed by atoms with Crippen molar-refractivity contribution in [2.75, 3.05) is 13.2 Å². The highest BCUT2D eigenvalue weighted by molar-refractivity contribution is 5.51. The van der Waals surface area contributed by atoms with Gasteiger partial charge in [0.25, 0.3) is 0 Å². The fourth-order valence-electron chi connectivity index (χ4n) is 0.982. The fourth-order valence-corrected chi connectivity index (χ4v) is 0.982. The lowest BCUT2D eigenvalue weighted by Gasteiger charge is -2.05. The SMILES string of the molecule is CCCOc1ccc(OCC=O)cc1. The van der Waals surface area contributed by atoms with Crippen molar-refractivity contribution in [2.24, 2.45) is 0 Å². The summed E-state index contributed by atoms with van der Waals surface area (Å²) >= 11 is 0. The first-order valence-corrected chi connectivity index (χ1v) is 4.66. The molecule has 0 amide bonds. The van der Waals surface area contributed by atoms with Gasteiger partial charge in [0.1, 0.15) is 18.1 Å². The molecule has 0 aliphatic rings. The van der Waals surface area contributed by atoms with Crippen molar-refractivity contribution in [3.8, 4) is 11.5 Å². The molecule has 0 unspecified atom stereocenters. The van der Waals surface area contributed by atoms with Crippen LogP contribution in [0, 0.1) is 0 Å². The zero-order valence-corrected chi connectivity index (χ0v) is 8.23. The van der Waals surface area contributed by atoms with Gasteiger partial charge in [0.05, 0.1) is 6.61 Å². The van der Waals surface area contributed by atoms with Crippen LogP contribution in [0.25, 0.3) is 0 Å². The number of rotatable bonds is 6. The molecular weight excluding hydrogens is 180 g/mol. The van der Waals surface area contributed by atoms with Crippen molar-refractivity contribution in [1.29, 1.82) is 0 Å². The van der Waals surface area contributed by atoms with Crippen molar-refractivity contribution in [3.63, 3.8) is 0 Å². The van der Waals surface area contributed by atoms with Crippen molar-refractivity contribution < 1.29 is 14.3 Å². The quantitative estimate of drug-likeness (QED) is 0.650. The maximum Gasteiger partial charge on any atom is 0.157 e. The molecular formula is C11H14O3. The molecule has 1 aromatic carbocycles. The molecule has 1 aromatic rings. The van der Waals surface area contributed by atoms with E-state index in [2.05, 4.69) is 6.92 Å². The summed E-state index contributed by atoms with van der Waals surface area (Å²) in [6.45, 7) is 2.87. The minimum absolute atomic E-state index is 0.0924. The Bertz CT molecular complexity index is 266. The van der Waals surface area contributed by atoms with E-state index < -0.39 is 0 Å². The van der Waals surface area contributed by atoms with Crippen LogP contribution in [0.5, 0.6) is 11.5 Å². The van der Waals surface area contributed by atoms with Gasteiger partial charge >= 0.3 is 0 Å². The second-order valence-electron chi connectivity index (χ2n) is 2.80. The summed E-state index contributed by atoms with van der Waals surface area (Å²) in [6, 6.07) is 7.23. The average Bonchev–Trinajstić information content (AvgIpc) is 2.25. The van der Waals surface area contributed by atoms with E-state index in [0.29, 0.717) is 12.4 Å². The molecule has 3 nitrogen and oxygen atoms in total. The molecule has 0 aliphatic carbocycles. The van der Waals surface area contributed by atoms with E-state index in [1.54, 1.807) is 12.1 Å². The lowest BCUT2D eigenvalue weighted by molar-refractivity contribution is -0.109. The minimum atomic E-state index is 0.0924. The Labute approximate surface area is 83.6 Å². The van der Waals surface area contributed by atoms with E-state index in [4.69, 9.17) is 9.47 Å². The molecule has 0 N–H and O–H groups in total. The number of hydrogen-bond acceptors (Lipinski definition) is 3. The molecule has 0 fully saturated rings. The highest BCUT2D eigenvalue weighted by atomic mass is 16.5. The van der Waals surface area contributed by atoms with Crippen LogP contribution < -0.4 is 9.47 Å². The third-order valence-corrected chi connectivity index (χ3v) is 1.61. The van der Waals surface area contributed by atoms with Gasteiger partial charge in [-0.15, -0.1) is 0 Å². The smallest absolute Gasteiger partial charge is 0.157 e. The molecule has 0 aliphatic heterocycles. The summed E-state index contributed by atoms with van der Waals surface area (Å²) in [5.41, 5.74) is 0. The summed E-state index contributed by atoms with van der Waals surface area (Å²) in [5.74, 6) is 1.51. The van der Waals surface area contributed by atoms with Crippen LogP contribution >= 0.6 is 0 Å². The first kappa shape index (κ1) is 10.6. The van der Waals surface area contributed by atoms with Gasteiger partial charge in [0.15, 0.2) is 6.29 Å². The number of aldehydes is 1. The van der Waals surface area contributed by atoms with Crippen molar-refractivity contribution >= 4 is 6.29 Å². The normalized spacial score (nSPS) is 9.50. The predicted octanol–water partition coefficient (Wildman–Crippen LogP) is 2.05. The Balaban J connectivity index is 2.46. The van der Waals surface area contributed by atoms with Crippen LogP contribution in [0.15, 0.2) is 24.3 Å². The van der Waals surface area contributed by atoms with E-state index in [1.807, 2.05) is 12.1 Å². The highest BCUT2D eigenvalue weighted by Crippen LogP contribution is 2.17. The number of ether oxygens (including phenoxy) is 2. The molecule has 0 spiro atoms. The van der Waals surface area contributed by atoms with Gasteiger partial charge in [-0.05, 0) is 30.7 Å². The Morgan fingerprint density at radius 2 is 1.71 bits per heavy atom. The fraction of sp³-hybridized carbons (Fsp3) is 0.364. The van der Waals surface area contributed by atoms with Crippen LogP contribution in [0.4, 0.5) is 0 Å². The standard InChI is InChI=1S/C11H14O3/c1-2-8-13-10-3-5-11(6-4-10)14-9-7-12/h3-7H,2,8-9H2,1H3. The molecule has 0 radical (unpaired) electrons. The minimum Gasteiger partial charge on any atom is -0.494 e. The number of benzene rings is 1. The topological polar surface area (TPSA) is 35.5 Å². The zero-order chi connectivity index (χ0) is 10.2. The highest BCUT2D eigenvalue weighted by Gasteiger charge is 1.94. The summed E-state index contributed by atoms with van der Waals surface area (Å²) in [6.07, 6.45) is 1.71.